The molecular formula is C38H32FeO2P2. The van der Waals surface area contributed by atoms with Crippen molar-refractivity contribution in [3.8, 4) is 0 Å². The first-order valence-corrected chi connectivity index (χ1v) is 25.2. The van der Waals surface area contributed by atoms with E-state index >= 15 is 9.59 Å². The number of hydrogen-bond donors (Lipinski definition) is 0. The molecule has 43 heavy (non-hydrogen) atoms. The normalized spacial score (nSPS) is 55.8. The van der Waals surface area contributed by atoms with Gasteiger partial charge >= 0.3 is 246 Å². The van der Waals surface area contributed by atoms with Gasteiger partial charge in [0.1, 0.15) is 0 Å². The number of hydrogen-bond acceptors (Lipinski definition) is 2. The van der Waals surface area contributed by atoms with Crippen LogP contribution in [-0.4, -0.2) is 23.9 Å². The molecule has 0 N–H and O–H groups in total. The van der Waals surface area contributed by atoms with Crippen LogP contribution in [0.5, 0.6) is 0 Å². The van der Waals surface area contributed by atoms with Crippen LogP contribution < -0.4 is 21.2 Å². The number of fused-ring (bicyclic) bond motifs is 10. The van der Waals surface area contributed by atoms with Crippen molar-refractivity contribution in [3.05, 3.63) is 121 Å². The zero-order valence-electron chi connectivity index (χ0n) is 23.6. The van der Waals surface area contributed by atoms with Crippen molar-refractivity contribution >= 4 is 48.6 Å². The van der Waals surface area contributed by atoms with Crippen LogP contribution in [0.15, 0.2) is 121 Å². The van der Waals surface area contributed by atoms with Crippen LogP contribution in [-0.2, 0) is 16.1 Å². The van der Waals surface area contributed by atoms with E-state index in [-0.39, 0.29) is 8.63 Å². The molecule has 10 heterocycles. The Morgan fingerprint density at radius 1 is 0.465 bits per heavy atom. The SMILES string of the molecule is O=C(CP(c1ccccc1)c1ccccc1)[C]12[CH]3[CH]4[CH]5[CH]1[Fe]45321678[CH]2[CH]1[CH]6[C]7(C(=O)CP(c1ccccc1)c1ccccc1)[CH]28. The van der Waals surface area contributed by atoms with Gasteiger partial charge < -0.3 is 0 Å². The summed E-state index contributed by atoms with van der Waals surface area (Å²) < 4.78 is 0.104. The summed E-state index contributed by atoms with van der Waals surface area (Å²) in [6.45, 7) is -4.32. The molecule has 10 saturated heterocycles. The van der Waals surface area contributed by atoms with Crippen LogP contribution in [0.1, 0.15) is 0 Å². The third-order valence-electron chi connectivity index (χ3n) is 20.5. The zero-order chi connectivity index (χ0) is 28.1. The summed E-state index contributed by atoms with van der Waals surface area (Å²) in [5, 5.41) is 5.30. The fraction of sp³-hybridized carbons (Fsp3) is 0.316. The van der Waals surface area contributed by atoms with Gasteiger partial charge in [-0.1, -0.05) is 0 Å². The number of carbonyl (C=O) groups is 2. The molecule has 0 radical (unpaired) electrons. The summed E-state index contributed by atoms with van der Waals surface area (Å²) in [5.41, 5.74) is 0. The van der Waals surface area contributed by atoms with Crippen molar-refractivity contribution in [1.29, 1.82) is 0 Å². The zero-order valence-corrected chi connectivity index (χ0v) is 26.5. The Kier molecular flexibility index (Phi) is 1.96. The summed E-state index contributed by atoms with van der Waals surface area (Å²) in [4.78, 5) is 36.9. The Balaban J connectivity index is 0.895. The van der Waals surface area contributed by atoms with Crippen molar-refractivity contribution < 1.29 is 16.1 Å². The molecule has 4 aromatic rings. The van der Waals surface area contributed by atoms with Crippen LogP contribution in [0.3, 0.4) is 0 Å². The molecule has 4 aromatic carbocycles. The summed E-state index contributed by atoms with van der Waals surface area (Å²) in [6, 6.07) is 43.3. The molecular weight excluding hydrogens is 606 g/mol. The minimum atomic E-state index is -4.32. The van der Waals surface area contributed by atoms with Crippen LogP contribution in [0.25, 0.3) is 0 Å². The average molecular weight is 638 g/mol. The average Bonchev–Trinajstić information content (AvgIpc) is 4.02. The van der Waals surface area contributed by atoms with Crippen molar-refractivity contribution in [1.82, 2.24) is 0 Å². The monoisotopic (exact) mass is 638 g/mol. The van der Waals surface area contributed by atoms with Gasteiger partial charge in [0, 0.05) is 0 Å². The van der Waals surface area contributed by atoms with Gasteiger partial charge in [-0.05, 0) is 0 Å². The van der Waals surface area contributed by atoms with Crippen molar-refractivity contribution in [2.75, 3.05) is 12.3 Å². The molecule has 5 heteroatoms. The number of ketones is 2. The van der Waals surface area contributed by atoms with E-state index in [0.29, 0.717) is 23.9 Å². The van der Waals surface area contributed by atoms with Crippen LogP contribution >= 0.6 is 15.8 Å². The molecule has 1 spiro atoms. The minimum absolute atomic E-state index is 0.0520. The molecule has 2 nitrogen and oxygen atoms in total. The Labute approximate surface area is 244 Å². The fourth-order valence-electron chi connectivity index (χ4n) is 21.7. The van der Waals surface area contributed by atoms with Gasteiger partial charge in [-0.2, -0.15) is 0 Å². The van der Waals surface area contributed by atoms with Crippen molar-refractivity contribution in [2.24, 2.45) is 0 Å². The topological polar surface area (TPSA) is 34.1 Å². The van der Waals surface area contributed by atoms with Gasteiger partial charge in [0.15, 0.2) is 0 Å². The van der Waals surface area contributed by atoms with Gasteiger partial charge in [-0.15, -0.1) is 0 Å². The molecule has 8 atom stereocenters. The van der Waals surface area contributed by atoms with Crippen molar-refractivity contribution in [3.63, 3.8) is 0 Å². The second-order valence-electron chi connectivity index (χ2n) is 17.1. The van der Waals surface area contributed by atoms with Crippen LogP contribution in [0, 0.1) is 0 Å². The Bertz CT molecular complexity index is 2150. The first-order chi connectivity index (χ1) is 20.9. The Morgan fingerprint density at radius 3 is 0.953 bits per heavy atom. The van der Waals surface area contributed by atoms with Crippen LogP contribution in [0.4, 0.5) is 0 Å². The first-order valence-electron chi connectivity index (χ1n) is 15.9. The maximum atomic E-state index is 15.1. The van der Waals surface area contributed by atoms with E-state index in [9.17, 15) is 0 Å². The molecule has 10 aliphatic rings. The molecule has 0 amide bonds. The molecule has 0 aliphatic carbocycles. The summed E-state index contributed by atoms with van der Waals surface area (Å²) in [5.74, 6) is 1.30. The number of Topliss-reactive ketones (excluding diaryl/α,β-unsaturated/α-hetero) is 2. The standard InChI is InChI=1S/2C19H16OP.Fe/c2*20-19(16-9-7-8-10-16)15-21(17-11-3-1-4-12-17)18-13-5-2-6-14-18;/h2*1-14H,15H2;. The van der Waals surface area contributed by atoms with E-state index in [2.05, 4.69) is 121 Å². The number of rotatable bonds is 10. The van der Waals surface area contributed by atoms with Gasteiger partial charge in [0.25, 0.3) is 0 Å². The van der Waals surface area contributed by atoms with E-state index in [0.717, 1.165) is 38.5 Å². The van der Waals surface area contributed by atoms with E-state index in [1.807, 2.05) is 0 Å². The predicted molar refractivity (Wildman–Crippen MR) is 173 cm³/mol. The predicted octanol–water partition coefficient (Wildman–Crippen LogP) is 7.52. The summed E-state index contributed by atoms with van der Waals surface area (Å²) in [6.07, 6.45) is 1.40. The molecule has 10 fully saturated rings. The third kappa shape index (κ3) is 0.658. The maximum absolute atomic E-state index is 15.1. The van der Waals surface area contributed by atoms with E-state index in [1.54, 1.807) is 0 Å². The number of benzene rings is 4. The molecule has 10 aliphatic heterocycles. The molecule has 14 rings (SSSR count). The van der Waals surface area contributed by atoms with Crippen molar-refractivity contribution in [2.45, 2.75) is 47.2 Å². The molecule has 8 unspecified atom stereocenters. The van der Waals surface area contributed by atoms with Gasteiger partial charge in [0.2, 0.25) is 0 Å². The van der Waals surface area contributed by atoms with E-state index in [1.165, 1.54) is 21.2 Å². The van der Waals surface area contributed by atoms with E-state index < -0.39 is 22.4 Å². The van der Waals surface area contributed by atoms with Gasteiger partial charge in [-0.3, -0.25) is 0 Å². The molecule has 0 saturated carbocycles. The Morgan fingerprint density at radius 2 is 0.721 bits per heavy atom. The molecule has 0 bridgehead atoms. The second-order valence-corrected chi connectivity index (χ2v) is 44.7. The van der Waals surface area contributed by atoms with Crippen LogP contribution in [0.2, 0.25) is 47.2 Å². The van der Waals surface area contributed by atoms with Gasteiger partial charge in [-0.25, -0.2) is 0 Å². The van der Waals surface area contributed by atoms with E-state index in [4.69, 9.17) is 0 Å². The second kappa shape index (κ2) is 3.80. The third-order valence-corrected chi connectivity index (χ3v) is 68.2. The summed E-state index contributed by atoms with van der Waals surface area (Å²) in [7, 11) is -1.44. The quantitative estimate of drug-likeness (QED) is 0.133. The Hall–Kier alpha value is -2.40. The first kappa shape index (κ1) is 22.2. The fourth-order valence-corrected chi connectivity index (χ4v) is 103. The number of carbonyl (C=O) groups excluding carboxylic acids is 2. The molecule has 0 aromatic heterocycles. The van der Waals surface area contributed by atoms with Gasteiger partial charge in [0.05, 0.1) is 0 Å². The molecule has 214 valence electrons. The summed E-state index contributed by atoms with van der Waals surface area (Å²) >= 11 is 0.